The standard InChI is InChI=1S/C27H28N2O5/c1-2-34-27(33)29(18-21-11-7-4-8-12-21)19-22-13-15-23(16-14-22)25(30)28-24(26(31)32)17-20-9-5-3-6-10-20/h3-16,24H,2,17-19H2,1H3,(H,28,30)(H,31,32)/t24-/m0/s1. The lowest BCUT2D eigenvalue weighted by molar-refractivity contribution is -0.139. The number of hydrogen-bond donors (Lipinski definition) is 2. The predicted octanol–water partition coefficient (Wildman–Crippen LogP) is 4.27. The van der Waals surface area contributed by atoms with Crippen LogP contribution in [-0.2, 0) is 29.0 Å². The molecule has 0 aliphatic rings. The minimum Gasteiger partial charge on any atom is -0.480 e. The number of carbonyl (C=O) groups excluding carboxylic acids is 2. The maximum atomic E-state index is 12.7. The Morgan fingerprint density at radius 2 is 1.35 bits per heavy atom. The van der Waals surface area contributed by atoms with Crippen molar-refractivity contribution in [3.05, 3.63) is 107 Å². The van der Waals surface area contributed by atoms with Gasteiger partial charge in [0.1, 0.15) is 6.04 Å². The maximum absolute atomic E-state index is 12.7. The monoisotopic (exact) mass is 460 g/mol. The summed E-state index contributed by atoms with van der Waals surface area (Å²) in [7, 11) is 0. The molecule has 34 heavy (non-hydrogen) atoms. The minimum atomic E-state index is -1.10. The molecule has 0 heterocycles. The van der Waals surface area contributed by atoms with E-state index in [0.717, 1.165) is 16.7 Å². The van der Waals surface area contributed by atoms with Crippen molar-refractivity contribution < 1.29 is 24.2 Å². The molecule has 3 aromatic carbocycles. The lowest BCUT2D eigenvalue weighted by atomic mass is 10.1. The quantitative estimate of drug-likeness (QED) is 0.471. The second kappa shape index (κ2) is 12.2. The van der Waals surface area contributed by atoms with Gasteiger partial charge in [-0.3, -0.25) is 9.69 Å². The number of benzene rings is 3. The van der Waals surface area contributed by atoms with E-state index in [1.807, 2.05) is 60.7 Å². The van der Waals surface area contributed by atoms with Crippen LogP contribution in [0.5, 0.6) is 0 Å². The molecule has 0 aliphatic heterocycles. The lowest BCUT2D eigenvalue weighted by Crippen LogP contribution is -2.42. The summed E-state index contributed by atoms with van der Waals surface area (Å²) < 4.78 is 5.19. The molecular formula is C27H28N2O5. The summed E-state index contributed by atoms with van der Waals surface area (Å²) in [5, 5.41) is 12.1. The fraction of sp³-hybridized carbons (Fsp3) is 0.222. The second-order valence-corrected chi connectivity index (χ2v) is 7.79. The van der Waals surface area contributed by atoms with Crippen LogP contribution in [0.15, 0.2) is 84.9 Å². The molecule has 3 rings (SSSR count). The number of carboxylic acids is 1. The largest absolute Gasteiger partial charge is 0.480 e. The van der Waals surface area contributed by atoms with Crippen molar-refractivity contribution in [2.45, 2.75) is 32.5 Å². The summed E-state index contributed by atoms with van der Waals surface area (Å²) in [6.07, 6.45) is -0.230. The normalized spacial score (nSPS) is 11.3. The summed E-state index contributed by atoms with van der Waals surface area (Å²) in [5.41, 5.74) is 2.96. The van der Waals surface area contributed by atoms with Gasteiger partial charge in [0.05, 0.1) is 6.61 Å². The molecule has 0 saturated carbocycles. The highest BCUT2D eigenvalue weighted by Crippen LogP contribution is 2.13. The molecule has 0 unspecified atom stereocenters. The van der Waals surface area contributed by atoms with Crippen LogP contribution >= 0.6 is 0 Å². The van der Waals surface area contributed by atoms with Crippen molar-refractivity contribution >= 4 is 18.0 Å². The van der Waals surface area contributed by atoms with Crippen molar-refractivity contribution in [2.75, 3.05) is 6.61 Å². The second-order valence-electron chi connectivity index (χ2n) is 7.79. The van der Waals surface area contributed by atoms with Gasteiger partial charge in [-0.2, -0.15) is 0 Å². The lowest BCUT2D eigenvalue weighted by Gasteiger charge is -2.22. The van der Waals surface area contributed by atoms with Gasteiger partial charge in [-0.15, -0.1) is 0 Å². The molecule has 0 aromatic heterocycles. The Bertz CT molecular complexity index is 1090. The topological polar surface area (TPSA) is 95.9 Å². The molecule has 2 amide bonds. The summed E-state index contributed by atoms with van der Waals surface area (Å²) >= 11 is 0. The highest BCUT2D eigenvalue weighted by molar-refractivity contribution is 5.96. The van der Waals surface area contributed by atoms with Crippen LogP contribution < -0.4 is 5.32 Å². The molecule has 176 valence electrons. The van der Waals surface area contributed by atoms with E-state index in [-0.39, 0.29) is 13.0 Å². The molecule has 0 aliphatic carbocycles. The van der Waals surface area contributed by atoms with Gasteiger partial charge in [0, 0.05) is 25.1 Å². The SMILES string of the molecule is CCOC(=O)N(Cc1ccccc1)Cc1ccc(C(=O)N[C@@H](Cc2ccccc2)C(=O)O)cc1. The zero-order chi connectivity index (χ0) is 24.3. The summed E-state index contributed by atoms with van der Waals surface area (Å²) in [6.45, 7) is 2.73. The van der Waals surface area contributed by atoms with Crippen molar-refractivity contribution in [1.29, 1.82) is 0 Å². The summed E-state index contributed by atoms with van der Waals surface area (Å²) in [6, 6.07) is 24.5. The Hall–Kier alpha value is -4.13. The maximum Gasteiger partial charge on any atom is 0.410 e. The van der Waals surface area contributed by atoms with Gasteiger partial charge in [0.25, 0.3) is 5.91 Å². The number of aliphatic carboxylic acids is 1. The van der Waals surface area contributed by atoms with E-state index in [1.165, 1.54) is 0 Å². The third-order valence-electron chi connectivity index (χ3n) is 5.22. The molecule has 7 heteroatoms. The summed E-state index contributed by atoms with van der Waals surface area (Å²) in [5.74, 6) is -1.57. The Morgan fingerprint density at radius 3 is 1.88 bits per heavy atom. The molecule has 7 nitrogen and oxygen atoms in total. The molecule has 0 fully saturated rings. The third kappa shape index (κ3) is 7.20. The van der Waals surface area contributed by atoms with Crippen molar-refractivity contribution in [3.63, 3.8) is 0 Å². The van der Waals surface area contributed by atoms with E-state index in [0.29, 0.717) is 18.7 Å². The van der Waals surface area contributed by atoms with Gasteiger partial charge in [-0.25, -0.2) is 9.59 Å². The molecule has 0 saturated heterocycles. The van der Waals surface area contributed by atoms with E-state index < -0.39 is 24.0 Å². The summed E-state index contributed by atoms with van der Waals surface area (Å²) in [4.78, 5) is 38.3. The molecule has 2 N–H and O–H groups in total. The highest BCUT2D eigenvalue weighted by atomic mass is 16.6. The number of hydrogen-bond acceptors (Lipinski definition) is 4. The van der Waals surface area contributed by atoms with Gasteiger partial charge < -0.3 is 15.2 Å². The first-order chi connectivity index (χ1) is 16.5. The molecule has 3 aromatic rings. The van der Waals surface area contributed by atoms with Crippen LogP contribution in [0.3, 0.4) is 0 Å². The van der Waals surface area contributed by atoms with Gasteiger partial charge in [0.2, 0.25) is 0 Å². The number of amides is 2. The molecule has 1 atom stereocenters. The van der Waals surface area contributed by atoms with Crippen molar-refractivity contribution in [3.8, 4) is 0 Å². The van der Waals surface area contributed by atoms with Crippen LogP contribution in [0.25, 0.3) is 0 Å². The third-order valence-corrected chi connectivity index (χ3v) is 5.22. The van der Waals surface area contributed by atoms with Crippen LogP contribution in [0, 0.1) is 0 Å². The fourth-order valence-corrected chi connectivity index (χ4v) is 3.48. The first-order valence-electron chi connectivity index (χ1n) is 11.1. The van der Waals surface area contributed by atoms with Gasteiger partial charge in [0.15, 0.2) is 0 Å². The minimum absolute atomic E-state index is 0.188. The first kappa shape index (κ1) is 24.5. The average Bonchev–Trinajstić information content (AvgIpc) is 2.85. The van der Waals surface area contributed by atoms with Crippen LogP contribution in [0.4, 0.5) is 4.79 Å². The van der Waals surface area contributed by atoms with E-state index in [1.54, 1.807) is 36.1 Å². The van der Waals surface area contributed by atoms with E-state index in [2.05, 4.69) is 5.32 Å². The Labute approximate surface area is 199 Å². The van der Waals surface area contributed by atoms with E-state index in [9.17, 15) is 19.5 Å². The van der Waals surface area contributed by atoms with Crippen LogP contribution in [-0.4, -0.2) is 40.6 Å². The fourth-order valence-electron chi connectivity index (χ4n) is 3.48. The molecule has 0 spiro atoms. The zero-order valence-electron chi connectivity index (χ0n) is 19.0. The van der Waals surface area contributed by atoms with Gasteiger partial charge >= 0.3 is 12.1 Å². The molecule has 0 bridgehead atoms. The van der Waals surface area contributed by atoms with E-state index >= 15 is 0 Å². The number of carboxylic acid groups (broad SMARTS) is 1. The highest BCUT2D eigenvalue weighted by Gasteiger charge is 2.21. The van der Waals surface area contributed by atoms with Crippen LogP contribution in [0.1, 0.15) is 34.0 Å². The van der Waals surface area contributed by atoms with Gasteiger partial charge in [-0.1, -0.05) is 72.8 Å². The number of carbonyl (C=O) groups is 3. The number of nitrogens with zero attached hydrogens (tertiary/aromatic N) is 1. The number of nitrogens with one attached hydrogen (secondary N) is 1. The Kier molecular flexibility index (Phi) is 8.80. The predicted molar refractivity (Wildman–Crippen MR) is 128 cm³/mol. The molecule has 0 radical (unpaired) electrons. The van der Waals surface area contributed by atoms with Crippen molar-refractivity contribution in [1.82, 2.24) is 10.2 Å². The van der Waals surface area contributed by atoms with Crippen LogP contribution in [0.2, 0.25) is 0 Å². The first-order valence-corrected chi connectivity index (χ1v) is 11.1. The Morgan fingerprint density at radius 1 is 0.824 bits per heavy atom. The number of rotatable bonds is 10. The average molecular weight is 461 g/mol. The zero-order valence-corrected chi connectivity index (χ0v) is 19.0. The van der Waals surface area contributed by atoms with Gasteiger partial charge in [-0.05, 0) is 35.7 Å². The smallest absolute Gasteiger partial charge is 0.410 e. The van der Waals surface area contributed by atoms with E-state index in [4.69, 9.17) is 4.74 Å². The Balaban J connectivity index is 1.66. The number of ether oxygens (including phenoxy) is 1. The van der Waals surface area contributed by atoms with Crippen molar-refractivity contribution in [2.24, 2.45) is 0 Å². The molecular weight excluding hydrogens is 432 g/mol.